The van der Waals surface area contributed by atoms with Crippen molar-refractivity contribution in [2.45, 2.75) is 6.42 Å². The first-order chi connectivity index (χ1) is 6.31. The Kier molecular flexibility index (Phi) is 1.90. The second-order valence-electron chi connectivity index (χ2n) is 2.85. The van der Waals surface area contributed by atoms with Crippen molar-refractivity contribution in [1.82, 2.24) is 5.16 Å². The molecule has 0 radical (unpaired) electrons. The maximum Gasteiger partial charge on any atom is 0.145 e. The zero-order chi connectivity index (χ0) is 9.26. The van der Waals surface area contributed by atoms with Gasteiger partial charge in [0, 0.05) is 11.8 Å². The first kappa shape index (κ1) is 8.07. The van der Waals surface area contributed by atoms with E-state index < -0.39 is 0 Å². The lowest BCUT2D eigenvalue weighted by Gasteiger charge is -1.92. The Bertz CT molecular complexity index is 422. The molecule has 13 heavy (non-hydrogen) atoms. The molecule has 1 heterocycles. The van der Waals surface area contributed by atoms with Crippen LogP contribution in [0.25, 0.3) is 10.9 Å². The van der Waals surface area contributed by atoms with E-state index in [-0.39, 0.29) is 5.75 Å². The van der Waals surface area contributed by atoms with Gasteiger partial charge in [0.05, 0.1) is 0 Å². The molecule has 0 unspecified atom stereocenters. The number of aromatic nitrogens is 1. The van der Waals surface area contributed by atoms with Gasteiger partial charge in [-0.3, -0.25) is 0 Å². The van der Waals surface area contributed by atoms with E-state index >= 15 is 0 Å². The van der Waals surface area contributed by atoms with Crippen molar-refractivity contribution in [2.75, 3.05) is 6.54 Å². The van der Waals surface area contributed by atoms with Gasteiger partial charge >= 0.3 is 0 Å². The lowest BCUT2D eigenvalue weighted by Crippen LogP contribution is -2.01. The van der Waals surface area contributed by atoms with Crippen LogP contribution in [0.1, 0.15) is 5.76 Å². The van der Waals surface area contributed by atoms with Crippen molar-refractivity contribution in [3.8, 4) is 5.75 Å². The number of nitrogens with zero attached hydrogens (tertiary/aromatic N) is 1. The van der Waals surface area contributed by atoms with Gasteiger partial charge in [-0.05, 0) is 24.7 Å². The summed E-state index contributed by atoms with van der Waals surface area (Å²) in [6.45, 7) is 0.514. The number of benzene rings is 1. The summed E-state index contributed by atoms with van der Waals surface area (Å²) in [5.74, 6) is 0.947. The Labute approximate surface area is 74.9 Å². The van der Waals surface area contributed by atoms with E-state index in [2.05, 4.69) is 5.16 Å². The zero-order valence-electron chi connectivity index (χ0n) is 7.03. The maximum atomic E-state index is 9.24. The molecule has 3 N–H and O–H groups in total. The summed E-state index contributed by atoms with van der Waals surface area (Å²) >= 11 is 0. The highest BCUT2D eigenvalue weighted by molar-refractivity contribution is 5.81. The molecule has 68 valence electrons. The molecule has 0 aliphatic heterocycles. The number of phenolic OH excluding ortho intramolecular Hbond substituents is 1. The van der Waals surface area contributed by atoms with E-state index in [0.29, 0.717) is 13.0 Å². The Morgan fingerprint density at radius 1 is 1.46 bits per heavy atom. The highest BCUT2D eigenvalue weighted by Gasteiger charge is 2.07. The van der Waals surface area contributed by atoms with E-state index in [1.165, 1.54) is 0 Å². The zero-order valence-corrected chi connectivity index (χ0v) is 7.03. The summed E-state index contributed by atoms with van der Waals surface area (Å²) in [5.41, 5.74) is 6.15. The van der Waals surface area contributed by atoms with Crippen molar-refractivity contribution in [3.63, 3.8) is 0 Å². The van der Waals surface area contributed by atoms with Gasteiger partial charge in [0.25, 0.3) is 0 Å². The van der Waals surface area contributed by atoms with Crippen LogP contribution in [0.4, 0.5) is 0 Å². The largest absolute Gasteiger partial charge is 0.508 e. The smallest absolute Gasteiger partial charge is 0.145 e. The quantitative estimate of drug-likeness (QED) is 0.720. The van der Waals surface area contributed by atoms with Crippen molar-refractivity contribution < 1.29 is 9.63 Å². The second kappa shape index (κ2) is 3.06. The van der Waals surface area contributed by atoms with Crippen molar-refractivity contribution in [2.24, 2.45) is 5.73 Å². The Hall–Kier alpha value is -1.55. The standard InChI is InChI=1S/C9H10N2O2/c10-4-3-9-7-5-6(12)1-2-8(7)11-13-9/h1-2,5,12H,3-4,10H2. The highest BCUT2D eigenvalue weighted by Crippen LogP contribution is 2.22. The van der Waals surface area contributed by atoms with Crippen LogP contribution in [-0.4, -0.2) is 16.8 Å². The average Bonchev–Trinajstić information content (AvgIpc) is 2.49. The number of rotatable bonds is 2. The van der Waals surface area contributed by atoms with Crippen LogP contribution < -0.4 is 5.73 Å². The average molecular weight is 178 g/mol. The Morgan fingerprint density at radius 3 is 3.08 bits per heavy atom. The molecule has 0 aliphatic carbocycles. The van der Waals surface area contributed by atoms with Gasteiger partial charge in [-0.25, -0.2) is 0 Å². The van der Waals surface area contributed by atoms with E-state index in [1.54, 1.807) is 18.2 Å². The molecule has 0 aliphatic rings. The Morgan fingerprint density at radius 2 is 2.31 bits per heavy atom. The molecule has 0 atom stereocenters. The maximum absolute atomic E-state index is 9.24. The van der Waals surface area contributed by atoms with Gasteiger partial charge in [-0.1, -0.05) is 5.16 Å². The lowest BCUT2D eigenvalue weighted by molar-refractivity contribution is 0.392. The van der Waals surface area contributed by atoms with Crippen LogP contribution in [0.2, 0.25) is 0 Å². The molecule has 2 rings (SSSR count). The highest BCUT2D eigenvalue weighted by atomic mass is 16.5. The number of hydrogen-bond donors (Lipinski definition) is 2. The van der Waals surface area contributed by atoms with E-state index in [0.717, 1.165) is 16.7 Å². The van der Waals surface area contributed by atoms with Gasteiger partial charge in [-0.15, -0.1) is 0 Å². The first-order valence-corrected chi connectivity index (χ1v) is 4.08. The topological polar surface area (TPSA) is 72.3 Å². The third-order valence-corrected chi connectivity index (χ3v) is 1.91. The summed E-state index contributed by atoms with van der Waals surface area (Å²) in [7, 11) is 0. The minimum Gasteiger partial charge on any atom is -0.508 e. The molecular weight excluding hydrogens is 168 g/mol. The Balaban J connectivity index is 2.58. The van der Waals surface area contributed by atoms with Gasteiger partial charge in [0.15, 0.2) is 0 Å². The molecule has 2 aromatic rings. The fraction of sp³-hybridized carbons (Fsp3) is 0.222. The molecule has 4 heteroatoms. The van der Waals surface area contributed by atoms with E-state index in [1.807, 2.05) is 0 Å². The van der Waals surface area contributed by atoms with Crippen molar-refractivity contribution >= 4 is 10.9 Å². The third kappa shape index (κ3) is 1.36. The van der Waals surface area contributed by atoms with Crippen molar-refractivity contribution in [1.29, 1.82) is 0 Å². The number of fused-ring (bicyclic) bond motifs is 1. The molecule has 1 aromatic carbocycles. The molecule has 0 spiro atoms. The number of aromatic hydroxyl groups is 1. The lowest BCUT2D eigenvalue weighted by atomic mass is 10.2. The van der Waals surface area contributed by atoms with E-state index in [4.69, 9.17) is 10.3 Å². The summed E-state index contributed by atoms with van der Waals surface area (Å²) in [6, 6.07) is 4.93. The van der Waals surface area contributed by atoms with Gasteiger partial charge in [-0.2, -0.15) is 0 Å². The van der Waals surface area contributed by atoms with Crippen molar-refractivity contribution in [3.05, 3.63) is 24.0 Å². The molecule has 0 saturated carbocycles. The number of hydrogen-bond acceptors (Lipinski definition) is 4. The molecular formula is C9H10N2O2. The fourth-order valence-corrected chi connectivity index (χ4v) is 1.29. The normalized spacial score (nSPS) is 10.8. The minimum atomic E-state index is 0.217. The first-order valence-electron chi connectivity index (χ1n) is 4.08. The molecule has 0 fully saturated rings. The van der Waals surface area contributed by atoms with Gasteiger partial charge < -0.3 is 15.4 Å². The van der Waals surface area contributed by atoms with Crippen LogP contribution in [0.5, 0.6) is 5.75 Å². The second-order valence-corrected chi connectivity index (χ2v) is 2.85. The molecule has 0 saturated heterocycles. The predicted octanol–water partition coefficient (Wildman–Crippen LogP) is 1.03. The molecule has 1 aromatic heterocycles. The van der Waals surface area contributed by atoms with Crippen LogP contribution in [-0.2, 0) is 6.42 Å². The summed E-state index contributed by atoms with van der Waals surface area (Å²) in [6.07, 6.45) is 0.639. The predicted molar refractivity (Wildman–Crippen MR) is 48.4 cm³/mol. The molecule has 0 bridgehead atoms. The van der Waals surface area contributed by atoms with E-state index in [9.17, 15) is 5.11 Å². The summed E-state index contributed by atoms with van der Waals surface area (Å²) < 4.78 is 5.07. The fourth-order valence-electron chi connectivity index (χ4n) is 1.29. The summed E-state index contributed by atoms with van der Waals surface area (Å²) in [4.78, 5) is 0. The minimum absolute atomic E-state index is 0.217. The van der Waals surface area contributed by atoms with Crippen LogP contribution in [0, 0.1) is 0 Å². The third-order valence-electron chi connectivity index (χ3n) is 1.91. The van der Waals surface area contributed by atoms with Crippen LogP contribution in [0.15, 0.2) is 22.7 Å². The number of nitrogens with two attached hydrogens (primary N) is 1. The molecule has 4 nitrogen and oxygen atoms in total. The van der Waals surface area contributed by atoms with Gasteiger partial charge in [0.1, 0.15) is 17.0 Å². The number of phenols is 1. The van der Waals surface area contributed by atoms with Crippen LogP contribution in [0.3, 0.4) is 0 Å². The summed E-state index contributed by atoms with van der Waals surface area (Å²) in [5, 5.41) is 13.9. The van der Waals surface area contributed by atoms with Crippen LogP contribution >= 0.6 is 0 Å². The SMILES string of the molecule is NCCc1onc2ccc(O)cc12. The monoisotopic (exact) mass is 178 g/mol. The molecule has 0 amide bonds. The van der Waals surface area contributed by atoms with Gasteiger partial charge in [0.2, 0.25) is 0 Å².